The van der Waals surface area contributed by atoms with Crippen LogP contribution in [0, 0.1) is 0 Å². The summed E-state index contributed by atoms with van der Waals surface area (Å²) in [5, 5.41) is 0. The van der Waals surface area contributed by atoms with Gasteiger partial charge < -0.3 is 10.5 Å². The van der Waals surface area contributed by atoms with Crippen molar-refractivity contribution in [2.75, 3.05) is 18.9 Å². The fourth-order valence-electron chi connectivity index (χ4n) is 2.10. The summed E-state index contributed by atoms with van der Waals surface area (Å²) < 4.78 is 43.1. The van der Waals surface area contributed by atoms with Crippen molar-refractivity contribution in [2.24, 2.45) is 5.73 Å². The van der Waals surface area contributed by atoms with Crippen molar-refractivity contribution in [1.29, 1.82) is 0 Å². The minimum Gasteiger partial charge on any atom is -0.487 e. The number of nitrogens with two attached hydrogens (primary N) is 1. The van der Waals surface area contributed by atoms with Gasteiger partial charge in [0.2, 0.25) is 0 Å². The zero-order valence-electron chi connectivity index (χ0n) is 13.2. The summed E-state index contributed by atoms with van der Waals surface area (Å²) in [5.74, 6) is -0.0277. The molecule has 0 aromatic heterocycles. The first-order chi connectivity index (χ1) is 11.5. The first-order valence-electron chi connectivity index (χ1n) is 7.55. The average Bonchev–Trinajstić information content (AvgIpc) is 2.60. The van der Waals surface area contributed by atoms with E-state index in [1.807, 2.05) is 30.3 Å². The van der Waals surface area contributed by atoms with E-state index >= 15 is 0 Å². The van der Waals surface area contributed by atoms with E-state index in [1.54, 1.807) is 0 Å². The molecule has 0 atom stereocenters. The van der Waals surface area contributed by atoms with Crippen LogP contribution in [-0.4, -0.2) is 27.3 Å². The van der Waals surface area contributed by atoms with Gasteiger partial charge >= 0.3 is 0 Å². The smallest absolute Gasteiger partial charge is 0.178 e. The molecule has 0 saturated carbocycles. The van der Waals surface area contributed by atoms with Crippen LogP contribution in [0.2, 0.25) is 0 Å². The highest BCUT2D eigenvalue weighted by atomic mass is 32.2. The number of ether oxygens (including phenoxy) is 1. The van der Waals surface area contributed by atoms with Gasteiger partial charge in [0.25, 0.3) is 0 Å². The third-order valence-corrected chi connectivity index (χ3v) is 5.13. The Balaban J connectivity index is 1.97. The molecule has 2 aromatic carbocycles. The molecule has 0 amide bonds. The molecule has 0 heterocycles. The van der Waals surface area contributed by atoms with Gasteiger partial charge in [-0.05, 0) is 42.3 Å². The van der Waals surface area contributed by atoms with Crippen LogP contribution in [0.5, 0.6) is 5.75 Å². The van der Waals surface area contributed by atoms with Gasteiger partial charge in [0.05, 0.1) is 10.6 Å². The van der Waals surface area contributed by atoms with E-state index in [1.165, 1.54) is 30.3 Å². The molecule has 6 heteroatoms. The first kappa shape index (κ1) is 18.2. The molecule has 0 aliphatic heterocycles. The third-order valence-electron chi connectivity index (χ3n) is 3.40. The van der Waals surface area contributed by atoms with Crippen LogP contribution in [0.1, 0.15) is 5.56 Å². The molecule has 24 heavy (non-hydrogen) atoms. The quantitative estimate of drug-likeness (QED) is 0.796. The van der Waals surface area contributed by atoms with E-state index in [4.69, 9.17) is 10.5 Å². The summed E-state index contributed by atoms with van der Waals surface area (Å²) in [6.07, 6.45) is 1.68. The van der Waals surface area contributed by atoms with Crippen LogP contribution >= 0.6 is 0 Å². The van der Waals surface area contributed by atoms with Crippen LogP contribution in [0.4, 0.5) is 4.39 Å². The van der Waals surface area contributed by atoms with Crippen LogP contribution in [0.25, 0.3) is 0 Å². The van der Waals surface area contributed by atoms with Crippen molar-refractivity contribution in [3.8, 4) is 5.75 Å². The molecule has 0 radical (unpaired) electrons. The lowest BCUT2D eigenvalue weighted by molar-refractivity contribution is 0.318. The number of aryl methyl sites for hydroxylation is 1. The highest BCUT2D eigenvalue weighted by Gasteiger charge is 2.14. The van der Waals surface area contributed by atoms with Crippen LogP contribution in [0.3, 0.4) is 0 Å². The number of hydrogen-bond acceptors (Lipinski definition) is 4. The molecule has 2 rings (SSSR count). The Kier molecular flexibility index (Phi) is 6.52. The molecule has 4 nitrogen and oxygen atoms in total. The normalized spacial score (nSPS) is 12.2. The van der Waals surface area contributed by atoms with Crippen molar-refractivity contribution in [2.45, 2.75) is 11.3 Å². The monoisotopic (exact) mass is 349 g/mol. The minimum absolute atomic E-state index is 0.0328. The van der Waals surface area contributed by atoms with Gasteiger partial charge in [-0.15, -0.1) is 0 Å². The van der Waals surface area contributed by atoms with Crippen molar-refractivity contribution in [1.82, 2.24) is 0 Å². The largest absolute Gasteiger partial charge is 0.487 e. The highest BCUT2D eigenvalue weighted by Crippen LogP contribution is 2.18. The molecule has 2 N–H and O–H groups in total. The first-order valence-corrected chi connectivity index (χ1v) is 9.20. The maximum atomic E-state index is 13.2. The molecule has 2 aromatic rings. The highest BCUT2D eigenvalue weighted by molar-refractivity contribution is 7.91. The van der Waals surface area contributed by atoms with E-state index in [0.717, 1.165) is 5.56 Å². The molecule has 128 valence electrons. The lowest BCUT2D eigenvalue weighted by atomic mass is 10.2. The van der Waals surface area contributed by atoms with E-state index in [0.29, 0.717) is 12.2 Å². The molecule has 0 fully saturated rings. The predicted molar refractivity (Wildman–Crippen MR) is 92.4 cm³/mol. The molecular formula is C18H20FNO3S. The SMILES string of the molecule is NC/C=C(/F)COc1ccc(S(=O)(=O)CCc2ccccc2)cc1. The summed E-state index contributed by atoms with van der Waals surface area (Å²) in [6.45, 7) is -0.120. The van der Waals surface area contributed by atoms with E-state index < -0.39 is 15.7 Å². The lowest BCUT2D eigenvalue weighted by Crippen LogP contribution is -2.09. The average molecular weight is 349 g/mol. The Morgan fingerprint density at radius 1 is 1.08 bits per heavy atom. The van der Waals surface area contributed by atoms with Gasteiger partial charge in [-0.1, -0.05) is 30.3 Å². The number of rotatable bonds is 8. The number of sulfone groups is 1. The standard InChI is InChI=1S/C18H20FNO3S/c19-16(10-12-20)14-23-17-6-8-18(9-7-17)24(21,22)13-11-15-4-2-1-3-5-15/h1-10H,11-14,20H2/b16-10+. The van der Waals surface area contributed by atoms with Crippen molar-refractivity contribution in [3.63, 3.8) is 0 Å². The molecular weight excluding hydrogens is 329 g/mol. The Morgan fingerprint density at radius 3 is 2.38 bits per heavy atom. The molecule has 0 saturated heterocycles. The van der Waals surface area contributed by atoms with Gasteiger partial charge in [0.1, 0.15) is 18.2 Å². The van der Waals surface area contributed by atoms with Crippen LogP contribution < -0.4 is 10.5 Å². The zero-order chi connectivity index (χ0) is 17.4. The molecule has 0 unspecified atom stereocenters. The Bertz CT molecular complexity index is 772. The second-order valence-corrected chi connectivity index (χ2v) is 7.31. The van der Waals surface area contributed by atoms with E-state index in [2.05, 4.69) is 0 Å². The maximum absolute atomic E-state index is 13.2. The second-order valence-electron chi connectivity index (χ2n) is 5.20. The Labute approximate surface area is 141 Å². The third kappa shape index (κ3) is 5.47. The van der Waals surface area contributed by atoms with Gasteiger partial charge in [0, 0.05) is 6.54 Å². The predicted octanol–water partition coefficient (Wildman–Crippen LogP) is 2.89. The van der Waals surface area contributed by atoms with Crippen LogP contribution in [0.15, 0.2) is 71.4 Å². The fraction of sp³-hybridized carbons (Fsp3) is 0.222. The van der Waals surface area contributed by atoms with E-state index in [-0.39, 0.29) is 23.8 Å². The maximum Gasteiger partial charge on any atom is 0.178 e. The summed E-state index contributed by atoms with van der Waals surface area (Å²) in [6, 6.07) is 15.4. The molecule has 0 bridgehead atoms. The summed E-state index contributed by atoms with van der Waals surface area (Å²) >= 11 is 0. The van der Waals surface area contributed by atoms with E-state index in [9.17, 15) is 12.8 Å². The Morgan fingerprint density at radius 2 is 1.75 bits per heavy atom. The van der Waals surface area contributed by atoms with Crippen molar-refractivity contribution < 1.29 is 17.5 Å². The number of benzene rings is 2. The lowest BCUT2D eigenvalue weighted by Gasteiger charge is -2.07. The Hall–Kier alpha value is -2.18. The van der Waals surface area contributed by atoms with Crippen LogP contribution in [-0.2, 0) is 16.3 Å². The van der Waals surface area contributed by atoms with Crippen molar-refractivity contribution >= 4 is 9.84 Å². The second kappa shape index (κ2) is 8.61. The zero-order valence-corrected chi connectivity index (χ0v) is 14.0. The van der Waals surface area contributed by atoms with Gasteiger partial charge in [-0.2, -0.15) is 0 Å². The minimum atomic E-state index is -3.37. The molecule has 0 aliphatic rings. The number of hydrogen-bond donors (Lipinski definition) is 1. The summed E-state index contributed by atoms with van der Waals surface area (Å²) in [4.78, 5) is 0.226. The van der Waals surface area contributed by atoms with Gasteiger partial charge in [-0.3, -0.25) is 0 Å². The fourth-order valence-corrected chi connectivity index (χ4v) is 3.39. The van der Waals surface area contributed by atoms with Gasteiger partial charge in [0.15, 0.2) is 9.84 Å². The number of halogens is 1. The summed E-state index contributed by atoms with van der Waals surface area (Å²) in [7, 11) is -3.37. The van der Waals surface area contributed by atoms with Gasteiger partial charge in [-0.25, -0.2) is 12.8 Å². The molecule has 0 spiro atoms. The topological polar surface area (TPSA) is 69.4 Å². The summed E-state index contributed by atoms with van der Waals surface area (Å²) in [5.41, 5.74) is 6.17. The molecule has 0 aliphatic carbocycles. The van der Waals surface area contributed by atoms with Crippen molar-refractivity contribution in [3.05, 3.63) is 72.1 Å².